The molecule has 0 aromatic rings. The van der Waals surface area contributed by atoms with Crippen LogP contribution in [0, 0.1) is 5.92 Å². The van der Waals surface area contributed by atoms with Gasteiger partial charge >= 0.3 is 0 Å². The number of hydrogen-bond donors (Lipinski definition) is 1. The van der Waals surface area contributed by atoms with E-state index in [9.17, 15) is 0 Å². The van der Waals surface area contributed by atoms with E-state index in [0.29, 0.717) is 6.04 Å². The quantitative estimate of drug-likeness (QED) is 0.710. The Hall–Kier alpha value is -0.310. The van der Waals surface area contributed by atoms with Gasteiger partial charge in [0.1, 0.15) is 5.84 Å². The summed E-state index contributed by atoms with van der Waals surface area (Å²) in [6.07, 6.45) is 4.62. The van der Waals surface area contributed by atoms with Gasteiger partial charge in [0, 0.05) is 16.6 Å². The van der Waals surface area contributed by atoms with Gasteiger partial charge in [-0.1, -0.05) is 15.9 Å². The predicted molar refractivity (Wildman–Crippen MR) is 49.8 cm³/mol. The van der Waals surface area contributed by atoms with E-state index in [-0.39, 0.29) is 0 Å². The highest BCUT2D eigenvalue weighted by Gasteiger charge is 2.29. The van der Waals surface area contributed by atoms with E-state index >= 15 is 0 Å². The molecule has 60 valence electrons. The Morgan fingerprint density at radius 2 is 2.36 bits per heavy atom. The lowest BCUT2D eigenvalue weighted by Crippen LogP contribution is -2.26. The second-order valence-electron chi connectivity index (χ2n) is 3.14. The third-order valence-electron chi connectivity index (χ3n) is 2.05. The van der Waals surface area contributed by atoms with Crippen LogP contribution in [0.5, 0.6) is 0 Å². The molecule has 0 saturated heterocycles. The average Bonchev–Trinajstić information content (AvgIpc) is 2.77. The standard InChI is InChI=1S/C8H11BrN2/c1-5-7(9)4-10-8(11-5)6-2-3-6/h4-6H,2-3H2,1H3,(H,10,11). The number of rotatable bonds is 1. The smallest absolute Gasteiger partial charge is 0.104 e. The second kappa shape index (κ2) is 2.63. The van der Waals surface area contributed by atoms with Gasteiger partial charge in [0.25, 0.3) is 0 Å². The van der Waals surface area contributed by atoms with Gasteiger partial charge in [0.05, 0.1) is 6.04 Å². The maximum atomic E-state index is 4.52. The molecule has 0 aromatic carbocycles. The van der Waals surface area contributed by atoms with Gasteiger partial charge in [0.15, 0.2) is 0 Å². The summed E-state index contributed by atoms with van der Waals surface area (Å²) in [7, 11) is 0. The fourth-order valence-electron chi connectivity index (χ4n) is 1.15. The molecule has 1 unspecified atom stereocenters. The Labute approximate surface area is 74.9 Å². The first-order valence-electron chi connectivity index (χ1n) is 3.97. The summed E-state index contributed by atoms with van der Waals surface area (Å²) in [4.78, 5) is 4.52. The summed E-state index contributed by atoms with van der Waals surface area (Å²) >= 11 is 3.44. The monoisotopic (exact) mass is 214 g/mol. The van der Waals surface area contributed by atoms with Crippen molar-refractivity contribution in [1.82, 2.24) is 5.32 Å². The van der Waals surface area contributed by atoms with Crippen LogP contribution in [0.25, 0.3) is 0 Å². The molecule has 2 aliphatic rings. The number of amidine groups is 1. The van der Waals surface area contributed by atoms with E-state index in [4.69, 9.17) is 0 Å². The van der Waals surface area contributed by atoms with Gasteiger partial charge < -0.3 is 5.32 Å². The van der Waals surface area contributed by atoms with E-state index < -0.39 is 0 Å². The minimum Gasteiger partial charge on any atom is -0.349 e. The third kappa shape index (κ3) is 1.48. The third-order valence-corrected chi connectivity index (χ3v) is 2.95. The van der Waals surface area contributed by atoms with Crippen molar-refractivity contribution < 1.29 is 0 Å². The van der Waals surface area contributed by atoms with Crippen molar-refractivity contribution in [3.8, 4) is 0 Å². The highest BCUT2D eigenvalue weighted by Crippen LogP contribution is 2.31. The normalized spacial score (nSPS) is 30.5. The molecule has 2 rings (SSSR count). The molecule has 1 N–H and O–H groups in total. The van der Waals surface area contributed by atoms with Gasteiger partial charge in [-0.05, 0) is 19.8 Å². The van der Waals surface area contributed by atoms with Crippen LogP contribution in [0.2, 0.25) is 0 Å². The van der Waals surface area contributed by atoms with Gasteiger partial charge in [0.2, 0.25) is 0 Å². The zero-order chi connectivity index (χ0) is 7.84. The maximum Gasteiger partial charge on any atom is 0.104 e. The lowest BCUT2D eigenvalue weighted by molar-refractivity contribution is 0.848. The summed E-state index contributed by atoms with van der Waals surface area (Å²) in [5.74, 6) is 1.91. The number of hydrogen-bond acceptors (Lipinski definition) is 2. The fraction of sp³-hybridized carbons (Fsp3) is 0.625. The first-order valence-corrected chi connectivity index (χ1v) is 4.76. The molecule has 2 nitrogen and oxygen atoms in total. The first kappa shape index (κ1) is 7.35. The molecular weight excluding hydrogens is 204 g/mol. The van der Waals surface area contributed by atoms with Crippen molar-refractivity contribution in [3.63, 3.8) is 0 Å². The largest absolute Gasteiger partial charge is 0.349 e. The Morgan fingerprint density at radius 3 is 2.91 bits per heavy atom. The highest BCUT2D eigenvalue weighted by molar-refractivity contribution is 9.11. The van der Waals surface area contributed by atoms with Crippen molar-refractivity contribution in [3.05, 3.63) is 10.7 Å². The average molecular weight is 215 g/mol. The van der Waals surface area contributed by atoms with E-state index in [2.05, 4.69) is 33.2 Å². The Morgan fingerprint density at radius 1 is 1.64 bits per heavy atom. The number of nitrogens with zero attached hydrogens (tertiary/aromatic N) is 1. The molecule has 0 bridgehead atoms. The molecule has 1 aliphatic carbocycles. The van der Waals surface area contributed by atoms with Gasteiger partial charge in [-0.3, -0.25) is 4.99 Å². The van der Waals surface area contributed by atoms with Gasteiger partial charge in [-0.15, -0.1) is 0 Å². The van der Waals surface area contributed by atoms with Crippen molar-refractivity contribution in [2.45, 2.75) is 25.8 Å². The molecule has 1 atom stereocenters. The molecule has 0 aromatic heterocycles. The molecule has 1 saturated carbocycles. The first-order chi connectivity index (χ1) is 5.27. The summed E-state index contributed by atoms with van der Waals surface area (Å²) in [6.45, 7) is 2.10. The second-order valence-corrected chi connectivity index (χ2v) is 4.05. The number of nitrogens with one attached hydrogen (secondary N) is 1. The summed E-state index contributed by atoms with van der Waals surface area (Å²) in [5, 5.41) is 3.20. The molecule has 3 heteroatoms. The number of halogens is 1. The van der Waals surface area contributed by atoms with Crippen molar-refractivity contribution in [2.24, 2.45) is 10.9 Å². The molecular formula is C8H11BrN2. The van der Waals surface area contributed by atoms with Crippen LogP contribution in [-0.2, 0) is 0 Å². The fourth-order valence-corrected chi connectivity index (χ4v) is 1.37. The lowest BCUT2D eigenvalue weighted by Gasteiger charge is -2.16. The molecule has 0 spiro atoms. The van der Waals surface area contributed by atoms with E-state index in [1.807, 2.05) is 6.20 Å². The summed E-state index contributed by atoms with van der Waals surface area (Å²) in [6, 6.07) is 0.312. The molecule has 1 heterocycles. The van der Waals surface area contributed by atoms with Crippen LogP contribution in [0.1, 0.15) is 19.8 Å². The van der Waals surface area contributed by atoms with Crippen LogP contribution in [0.4, 0.5) is 0 Å². The minimum atomic E-state index is 0.312. The van der Waals surface area contributed by atoms with E-state index in [0.717, 1.165) is 10.4 Å². The topological polar surface area (TPSA) is 24.4 Å². The van der Waals surface area contributed by atoms with E-state index in [1.54, 1.807) is 0 Å². The minimum absolute atomic E-state index is 0.312. The molecule has 11 heavy (non-hydrogen) atoms. The van der Waals surface area contributed by atoms with Crippen LogP contribution in [0.3, 0.4) is 0 Å². The van der Waals surface area contributed by atoms with Gasteiger partial charge in [-0.2, -0.15) is 0 Å². The Balaban J connectivity index is 2.09. The predicted octanol–water partition coefficient (Wildman–Crippen LogP) is 2.02. The highest BCUT2D eigenvalue weighted by atomic mass is 79.9. The molecule has 0 amide bonds. The van der Waals surface area contributed by atoms with Crippen molar-refractivity contribution in [1.29, 1.82) is 0 Å². The van der Waals surface area contributed by atoms with Gasteiger partial charge in [-0.25, -0.2) is 0 Å². The van der Waals surface area contributed by atoms with Crippen LogP contribution in [0.15, 0.2) is 15.7 Å². The van der Waals surface area contributed by atoms with E-state index in [1.165, 1.54) is 18.7 Å². The number of aliphatic imine (C=N–C) groups is 1. The lowest BCUT2D eigenvalue weighted by atomic mass is 10.2. The van der Waals surface area contributed by atoms with Crippen LogP contribution in [-0.4, -0.2) is 11.9 Å². The molecule has 0 radical (unpaired) electrons. The van der Waals surface area contributed by atoms with Crippen LogP contribution < -0.4 is 5.32 Å². The SMILES string of the molecule is CC1N=C(C2CC2)NC=C1Br. The zero-order valence-corrected chi connectivity index (χ0v) is 8.06. The molecule has 1 aliphatic heterocycles. The summed E-state index contributed by atoms with van der Waals surface area (Å²) in [5.41, 5.74) is 0. The maximum absolute atomic E-state index is 4.52. The zero-order valence-electron chi connectivity index (χ0n) is 6.47. The Kier molecular flexibility index (Phi) is 1.75. The van der Waals surface area contributed by atoms with Crippen molar-refractivity contribution in [2.75, 3.05) is 0 Å². The van der Waals surface area contributed by atoms with Crippen molar-refractivity contribution >= 4 is 21.8 Å². The Bertz CT molecular complexity index is 228. The van der Waals surface area contributed by atoms with Crippen LogP contribution >= 0.6 is 15.9 Å². The molecule has 1 fully saturated rings. The summed E-state index contributed by atoms with van der Waals surface area (Å²) < 4.78 is 1.14.